The van der Waals surface area contributed by atoms with Crippen molar-refractivity contribution in [3.8, 4) is 0 Å². The van der Waals surface area contributed by atoms with E-state index in [1.165, 1.54) is 14.2 Å². The van der Waals surface area contributed by atoms with E-state index in [1.807, 2.05) is 13.8 Å². The van der Waals surface area contributed by atoms with Crippen molar-refractivity contribution in [3.05, 3.63) is 34.9 Å². The number of aromatic amines is 1. The smallest absolute Gasteiger partial charge is 0.358 e. The van der Waals surface area contributed by atoms with Crippen LogP contribution in [0, 0.1) is 13.8 Å². The molecule has 2 aromatic rings. The van der Waals surface area contributed by atoms with Crippen molar-refractivity contribution in [1.82, 2.24) is 20.0 Å². The Bertz CT molecular complexity index is 666. The summed E-state index contributed by atoms with van der Waals surface area (Å²) in [6.45, 7) is 4.33. The van der Waals surface area contributed by atoms with Gasteiger partial charge in [0.1, 0.15) is 5.69 Å². The number of H-pyrrole nitrogens is 1. The van der Waals surface area contributed by atoms with Gasteiger partial charge in [0.05, 0.1) is 26.5 Å². The van der Waals surface area contributed by atoms with Crippen LogP contribution in [0.15, 0.2) is 12.1 Å². The fourth-order valence-electron chi connectivity index (χ4n) is 1.69. The van der Waals surface area contributed by atoms with Crippen LogP contribution in [0.25, 0.3) is 0 Å². The lowest BCUT2D eigenvalue weighted by atomic mass is 10.4. The molecule has 0 aliphatic carbocycles. The lowest BCUT2D eigenvalue weighted by molar-refractivity contribution is 0.0581. The van der Waals surface area contributed by atoms with E-state index in [-0.39, 0.29) is 5.97 Å². The summed E-state index contributed by atoms with van der Waals surface area (Å²) in [6.07, 6.45) is 0. The molecule has 126 valence electrons. The minimum Gasteiger partial charge on any atom is -0.464 e. The zero-order valence-electron chi connectivity index (χ0n) is 13.4. The van der Waals surface area contributed by atoms with Gasteiger partial charge in [-0.05, 0) is 26.0 Å². The van der Waals surface area contributed by atoms with Gasteiger partial charge in [0, 0.05) is 11.0 Å². The molecule has 0 unspecified atom stereocenters. The summed E-state index contributed by atoms with van der Waals surface area (Å²) in [4.78, 5) is 21.9. The highest BCUT2D eigenvalue weighted by Gasteiger charge is 2.13. The number of ether oxygens (including phenoxy) is 2. The maximum atomic E-state index is 11.2. The Labute approximate surface area is 142 Å². The molecule has 2 rings (SSSR count). The van der Waals surface area contributed by atoms with Crippen LogP contribution < -0.4 is 0 Å². The maximum Gasteiger partial charge on any atom is 0.358 e. The molecule has 0 fully saturated rings. The Morgan fingerprint density at radius 2 is 1.87 bits per heavy atom. The standard InChI is InChI=1S/C8H11BrN2O2.C6H8N2O2/c1-6-5-7(8(12)13-2)11(10-6)4-3-9;1-4-3-5(8-7-4)6(9)10-2/h5H,3-4H2,1-2H3;3H,1-2H3,(H,7,8). The number of nitrogens with zero attached hydrogens (tertiary/aromatic N) is 3. The normalized spacial score (nSPS) is 9.78. The second-order valence-electron chi connectivity index (χ2n) is 4.50. The largest absolute Gasteiger partial charge is 0.464 e. The Kier molecular flexibility index (Phi) is 7.46. The minimum atomic E-state index is -0.413. The number of rotatable bonds is 4. The summed E-state index contributed by atoms with van der Waals surface area (Å²) in [7, 11) is 2.69. The van der Waals surface area contributed by atoms with Gasteiger partial charge in [0.25, 0.3) is 0 Å². The molecule has 1 N–H and O–H groups in total. The molecule has 2 aromatic heterocycles. The van der Waals surface area contributed by atoms with Crippen molar-refractivity contribution >= 4 is 27.9 Å². The van der Waals surface area contributed by atoms with Crippen LogP contribution in [-0.2, 0) is 16.0 Å². The average molecular weight is 387 g/mol. The first-order chi connectivity index (χ1) is 10.9. The molecule has 0 atom stereocenters. The third-order valence-electron chi connectivity index (χ3n) is 2.69. The first kappa shape index (κ1) is 18.9. The van der Waals surface area contributed by atoms with Crippen molar-refractivity contribution in [2.45, 2.75) is 20.4 Å². The van der Waals surface area contributed by atoms with E-state index in [0.29, 0.717) is 17.9 Å². The second kappa shape index (κ2) is 9.09. The van der Waals surface area contributed by atoms with E-state index in [9.17, 15) is 9.59 Å². The van der Waals surface area contributed by atoms with E-state index < -0.39 is 5.97 Å². The highest BCUT2D eigenvalue weighted by molar-refractivity contribution is 9.09. The van der Waals surface area contributed by atoms with Crippen molar-refractivity contribution in [3.63, 3.8) is 0 Å². The van der Waals surface area contributed by atoms with Crippen molar-refractivity contribution < 1.29 is 19.1 Å². The van der Waals surface area contributed by atoms with Gasteiger partial charge >= 0.3 is 11.9 Å². The Morgan fingerprint density at radius 3 is 2.35 bits per heavy atom. The lowest BCUT2D eigenvalue weighted by Crippen LogP contribution is -2.12. The SMILES string of the molecule is COC(=O)c1cc(C)[nH]n1.COC(=O)c1cc(C)nn1CCBr. The predicted octanol–water partition coefficient (Wildman–Crippen LogP) is 1.88. The van der Waals surface area contributed by atoms with Crippen molar-refractivity contribution in [1.29, 1.82) is 0 Å². The van der Waals surface area contributed by atoms with E-state index in [2.05, 4.69) is 40.7 Å². The zero-order valence-corrected chi connectivity index (χ0v) is 15.0. The average Bonchev–Trinajstić information content (AvgIpc) is 3.13. The quantitative estimate of drug-likeness (QED) is 0.635. The molecule has 0 aromatic carbocycles. The molecular weight excluding hydrogens is 368 g/mol. The van der Waals surface area contributed by atoms with E-state index in [1.54, 1.807) is 16.8 Å². The topological polar surface area (TPSA) is 99.1 Å². The van der Waals surface area contributed by atoms with Gasteiger partial charge in [-0.2, -0.15) is 10.2 Å². The molecule has 0 saturated heterocycles. The molecule has 8 nitrogen and oxygen atoms in total. The number of carbonyl (C=O) groups is 2. The summed E-state index contributed by atoms with van der Waals surface area (Å²) >= 11 is 3.29. The van der Waals surface area contributed by atoms with Gasteiger partial charge < -0.3 is 9.47 Å². The van der Waals surface area contributed by atoms with Crippen molar-refractivity contribution in [2.24, 2.45) is 0 Å². The summed E-state index contributed by atoms with van der Waals surface area (Å²) in [6, 6.07) is 3.35. The summed E-state index contributed by atoms with van der Waals surface area (Å²) < 4.78 is 10.7. The molecule has 0 saturated carbocycles. The fourth-order valence-corrected chi connectivity index (χ4v) is 2.03. The molecule has 0 amide bonds. The van der Waals surface area contributed by atoms with Crippen LogP contribution in [0.2, 0.25) is 0 Å². The van der Waals surface area contributed by atoms with Gasteiger partial charge in [0.2, 0.25) is 0 Å². The van der Waals surface area contributed by atoms with Crippen LogP contribution in [0.1, 0.15) is 32.4 Å². The molecule has 0 aliphatic heterocycles. The third kappa shape index (κ3) is 5.51. The number of aryl methyl sites for hydroxylation is 3. The molecule has 23 heavy (non-hydrogen) atoms. The molecule has 9 heteroatoms. The first-order valence-electron chi connectivity index (χ1n) is 6.72. The van der Waals surface area contributed by atoms with Gasteiger partial charge in [-0.3, -0.25) is 9.78 Å². The predicted molar refractivity (Wildman–Crippen MR) is 86.8 cm³/mol. The van der Waals surface area contributed by atoms with Crippen LogP contribution in [0.5, 0.6) is 0 Å². The van der Waals surface area contributed by atoms with Gasteiger partial charge in [-0.15, -0.1) is 0 Å². The van der Waals surface area contributed by atoms with Crippen LogP contribution >= 0.6 is 15.9 Å². The Morgan fingerprint density at radius 1 is 1.22 bits per heavy atom. The van der Waals surface area contributed by atoms with Gasteiger partial charge in [-0.25, -0.2) is 9.59 Å². The number of esters is 2. The summed E-state index contributed by atoms with van der Waals surface area (Å²) in [5, 5.41) is 11.2. The van der Waals surface area contributed by atoms with Gasteiger partial charge in [0.15, 0.2) is 5.69 Å². The van der Waals surface area contributed by atoms with Gasteiger partial charge in [-0.1, -0.05) is 15.9 Å². The number of halogens is 1. The Hall–Kier alpha value is -2.16. The van der Waals surface area contributed by atoms with Crippen LogP contribution in [0.4, 0.5) is 0 Å². The summed E-state index contributed by atoms with van der Waals surface area (Å²) in [5.41, 5.74) is 2.49. The lowest BCUT2D eigenvalue weighted by Gasteiger charge is -2.02. The molecule has 0 bridgehead atoms. The molecule has 0 radical (unpaired) electrons. The fraction of sp³-hybridized carbons (Fsp3) is 0.429. The number of methoxy groups -OCH3 is 2. The minimum absolute atomic E-state index is 0.319. The van der Waals surface area contributed by atoms with Crippen molar-refractivity contribution in [2.75, 3.05) is 19.5 Å². The molecular formula is C14H19BrN4O4. The van der Waals surface area contributed by atoms with Crippen LogP contribution in [0.3, 0.4) is 0 Å². The zero-order chi connectivity index (χ0) is 17.4. The monoisotopic (exact) mass is 386 g/mol. The van der Waals surface area contributed by atoms with E-state index in [0.717, 1.165) is 16.7 Å². The number of hydrogen-bond acceptors (Lipinski definition) is 6. The number of carbonyl (C=O) groups excluding carboxylic acids is 2. The number of nitrogens with one attached hydrogen (secondary N) is 1. The first-order valence-corrected chi connectivity index (χ1v) is 7.84. The highest BCUT2D eigenvalue weighted by Crippen LogP contribution is 2.05. The van der Waals surface area contributed by atoms with Crippen LogP contribution in [-0.4, -0.2) is 51.5 Å². The highest BCUT2D eigenvalue weighted by atomic mass is 79.9. The van der Waals surface area contributed by atoms with E-state index >= 15 is 0 Å². The number of hydrogen-bond donors (Lipinski definition) is 1. The molecule has 2 heterocycles. The third-order valence-corrected chi connectivity index (χ3v) is 3.05. The number of alkyl halides is 1. The number of aromatic nitrogens is 4. The maximum absolute atomic E-state index is 11.2. The Balaban J connectivity index is 0.000000238. The summed E-state index contributed by atoms with van der Waals surface area (Å²) in [5.74, 6) is -0.758. The molecule has 0 spiro atoms. The van der Waals surface area contributed by atoms with E-state index in [4.69, 9.17) is 0 Å². The molecule has 0 aliphatic rings. The second-order valence-corrected chi connectivity index (χ2v) is 5.30.